The number of halogens is 1. The number of amides is 1. The normalized spacial score (nSPS) is 17.0. The molecule has 1 aromatic rings. The highest BCUT2D eigenvalue weighted by Crippen LogP contribution is 2.23. The van der Waals surface area contributed by atoms with E-state index in [2.05, 4.69) is 4.90 Å². The van der Waals surface area contributed by atoms with Crippen molar-refractivity contribution >= 4 is 17.5 Å². The number of benzene rings is 1. The predicted octanol–water partition coefficient (Wildman–Crippen LogP) is 2.09. The van der Waals surface area contributed by atoms with Crippen LogP contribution in [0.25, 0.3) is 0 Å². The van der Waals surface area contributed by atoms with Gasteiger partial charge in [0.15, 0.2) is 0 Å². The highest BCUT2D eigenvalue weighted by molar-refractivity contribution is 6.18. The van der Waals surface area contributed by atoms with E-state index in [0.29, 0.717) is 18.0 Å². The fourth-order valence-corrected chi connectivity index (χ4v) is 2.76. The molecule has 4 nitrogen and oxygen atoms in total. The summed E-state index contributed by atoms with van der Waals surface area (Å²) in [6.45, 7) is 5.88. The van der Waals surface area contributed by atoms with Gasteiger partial charge in [-0.15, -0.1) is 11.6 Å². The lowest BCUT2D eigenvalue weighted by Crippen LogP contribution is -2.35. The summed E-state index contributed by atoms with van der Waals surface area (Å²) in [6.07, 6.45) is 0.940. The zero-order chi connectivity index (χ0) is 14.5. The second-order valence-electron chi connectivity index (χ2n) is 5.15. The summed E-state index contributed by atoms with van der Waals surface area (Å²) < 4.78 is 0. The topological polar surface area (TPSA) is 43.8 Å². The second kappa shape index (κ2) is 6.95. The van der Waals surface area contributed by atoms with Gasteiger partial charge in [0.05, 0.1) is 5.56 Å². The number of nitrogens with zero attached hydrogens (tertiary/aromatic N) is 2. The minimum atomic E-state index is -0.0843. The maximum Gasteiger partial charge on any atom is 0.257 e. The maximum atomic E-state index is 12.5. The van der Waals surface area contributed by atoms with Crippen molar-refractivity contribution in [3.05, 3.63) is 29.3 Å². The Hall–Kier alpha value is -1.26. The van der Waals surface area contributed by atoms with Crippen molar-refractivity contribution in [2.45, 2.75) is 13.3 Å². The fourth-order valence-electron chi connectivity index (χ4n) is 2.52. The Morgan fingerprint density at radius 1 is 1.30 bits per heavy atom. The molecule has 1 aliphatic heterocycles. The van der Waals surface area contributed by atoms with Gasteiger partial charge in [-0.1, -0.05) is 12.1 Å². The standard InChI is InChI=1S/C15H21ClN2O2/c1-12-4-2-5-13(14(12)19)15(20)18-8-3-7-17(9-6-16)10-11-18/h2,4-5,19H,3,6-11H2,1H3. The largest absolute Gasteiger partial charge is 0.507 e. The van der Waals surface area contributed by atoms with Crippen LogP contribution in [0.1, 0.15) is 22.3 Å². The number of carbonyl (C=O) groups is 1. The molecule has 1 heterocycles. The van der Waals surface area contributed by atoms with Crippen molar-refractivity contribution in [1.29, 1.82) is 0 Å². The van der Waals surface area contributed by atoms with Gasteiger partial charge in [0.1, 0.15) is 5.75 Å². The summed E-state index contributed by atoms with van der Waals surface area (Å²) in [5.41, 5.74) is 1.13. The molecule has 0 spiro atoms. The summed E-state index contributed by atoms with van der Waals surface area (Å²) in [7, 11) is 0. The number of carbonyl (C=O) groups excluding carboxylic acids is 1. The third-order valence-electron chi connectivity index (χ3n) is 3.74. The summed E-state index contributed by atoms with van der Waals surface area (Å²) in [6, 6.07) is 5.29. The minimum absolute atomic E-state index is 0.0843. The quantitative estimate of drug-likeness (QED) is 0.869. The lowest BCUT2D eigenvalue weighted by Gasteiger charge is -2.22. The number of hydrogen-bond donors (Lipinski definition) is 1. The Balaban J connectivity index is 2.07. The van der Waals surface area contributed by atoms with E-state index in [1.165, 1.54) is 0 Å². The van der Waals surface area contributed by atoms with Crippen LogP contribution >= 0.6 is 11.6 Å². The van der Waals surface area contributed by atoms with Crippen LogP contribution in [-0.2, 0) is 0 Å². The molecule has 0 unspecified atom stereocenters. The number of para-hydroxylation sites is 1. The molecule has 0 aliphatic carbocycles. The Morgan fingerprint density at radius 2 is 2.10 bits per heavy atom. The van der Waals surface area contributed by atoms with Crippen molar-refractivity contribution in [3.8, 4) is 5.75 Å². The van der Waals surface area contributed by atoms with Crippen molar-refractivity contribution in [3.63, 3.8) is 0 Å². The van der Waals surface area contributed by atoms with Gasteiger partial charge in [0.25, 0.3) is 5.91 Å². The number of aromatic hydroxyl groups is 1. The zero-order valence-corrected chi connectivity index (χ0v) is 12.6. The van der Waals surface area contributed by atoms with Crippen molar-refractivity contribution in [1.82, 2.24) is 9.80 Å². The highest BCUT2D eigenvalue weighted by atomic mass is 35.5. The summed E-state index contributed by atoms with van der Waals surface area (Å²) in [5.74, 6) is 0.630. The van der Waals surface area contributed by atoms with E-state index in [9.17, 15) is 9.90 Å². The van der Waals surface area contributed by atoms with Crippen molar-refractivity contribution in [2.24, 2.45) is 0 Å². The molecule has 0 aromatic heterocycles. The zero-order valence-electron chi connectivity index (χ0n) is 11.8. The van der Waals surface area contributed by atoms with Crippen LogP contribution < -0.4 is 0 Å². The van der Waals surface area contributed by atoms with E-state index in [-0.39, 0.29) is 11.7 Å². The molecule has 1 N–H and O–H groups in total. The van der Waals surface area contributed by atoms with Crippen LogP contribution in [0.2, 0.25) is 0 Å². The van der Waals surface area contributed by atoms with E-state index in [1.54, 1.807) is 25.1 Å². The average Bonchev–Trinajstić information content (AvgIpc) is 2.67. The molecule has 5 heteroatoms. The van der Waals surface area contributed by atoms with Gasteiger partial charge in [-0.05, 0) is 31.5 Å². The molecule has 1 saturated heterocycles. The van der Waals surface area contributed by atoms with E-state index >= 15 is 0 Å². The Labute approximate surface area is 124 Å². The number of phenols is 1. The summed E-state index contributed by atoms with van der Waals surface area (Å²) >= 11 is 5.77. The first-order chi connectivity index (χ1) is 9.63. The third-order valence-corrected chi connectivity index (χ3v) is 3.91. The molecule has 0 bridgehead atoms. The maximum absolute atomic E-state index is 12.5. The summed E-state index contributed by atoms with van der Waals surface area (Å²) in [4.78, 5) is 16.6. The molecule has 2 rings (SSSR count). The number of phenolic OH excluding ortho intramolecular Hbond substituents is 1. The number of rotatable bonds is 3. The Kier molecular flexibility index (Phi) is 5.26. The minimum Gasteiger partial charge on any atom is -0.507 e. The van der Waals surface area contributed by atoms with E-state index in [0.717, 1.165) is 38.2 Å². The van der Waals surface area contributed by atoms with Crippen molar-refractivity contribution in [2.75, 3.05) is 38.6 Å². The molecular formula is C15H21ClN2O2. The molecule has 110 valence electrons. The Bertz CT molecular complexity index is 479. The number of aryl methyl sites for hydroxylation is 1. The van der Waals surface area contributed by atoms with Crippen LogP contribution in [0.5, 0.6) is 5.75 Å². The Morgan fingerprint density at radius 3 is 2.85 bits per heavy atom. The smallest absolute Gasteiger partial charge is 0.257 e. The van der Waals surface area contributed by atoms with E-state index in [4.69, 9.17) is 11.6 Å². The molecule has 1 aromatic carbocycles. The number of hydrogen-bond acceptors (Lipinski definition) is 3. The average molecular weight is 297 g/mol. The molecule has 0 radical (unpaired) electrons. The van der Waals surface area contributed by atoms with Gasteiger partial charge in [0, 0.05) is 32.1 Å². The molecular weight excluding hydrogens is 276 g/mol. The van der Waals surface area contributed by atoms with Gasteiger partial charge >= 0.3 is 0 Å². The van der Waals surface area contributed by atoms with E-state index in [1.807, 2.05) is 4.90 Å². The lowest BCUT2D eigenvalue weighted by atomic mass is 10.1. The van der Waals surface area contributed by atoms with Crippen LogP contribution in [0.3, 0.4) is 0 Å². The molecule has 1 aliphatic rings. The lowest BCUT2D eigenvalue weighted by molar-refractivity contribution is 0.0758. The van der Waals surface area contributed by atoms with Gasteiger partial charge in [-0.2, -0.15) is 0 Å². The van der Waals surface area contributed by atoms with Gasteiger partial charge in [-0.3, -0.25) is 4.79 Å². The van der Waals surface area contributed by atoms with Crippen molar-refractivity contribution < 1.29 is 9.90 Å². The van der Waals surface area contributed by atoms with Gasteiger partial charge in [0.2, 0.25) is 0 Å². The fraction of sp³-hybridized carbons (Fsp3) is 0.533. The van der Waals surface area contributed by atoms with E-state index < -0.39 is 0 Å². The molecule has 1 fully saturated rings. The monoisotopic (exact) mass is 296 g/mol. The number of alkyl halides is 1. The predicted molar refractivity (Wildman–Crippen MR) is 80.5 cm³/mol. The first-order valence-electron chi connectivity index (χ1n) is 6.99. The van der Waals surface area contributed by atoms with Crippen LogP contribution in [-0.4, -0.2) is 59.4 Å². The first-order valence-corrected chi connectivity index (χ1v) is 7.53. The van der Waals surface area contributed by atoms with Crippen LogP contribution in [0.15, 0.2) is 18.2 Å². The second-order valence-corrected chi connectivity index (χ2v) is 5.53. The highest BCUT2D eigenvalue weighted by Gasteiger charge is 2.22. The third kappa shape index (κ3) is 3.44. The molecule has 0 atom stereocenters. The molecule has 0 saturated carbocycles. The van der Waals surface area contributed by atoms with Gasteiger partial charge in [-0.25, -0.2) is 0 Å². The summed E-state index contributed by atoms with van der Waals surface area (Å²) in [5, 5.41) is 10.0. The van der Waals surface area contributed by atoms with Crippen LogP contribution in [0.4, 0.5) is 0 Å². The molecule has 1 amide bonds. The van der Waals surface area contributed by atoms with Gasteiger partial charge < -0.3 is 14.9 Å². The van der Waals surface area contributed by atoms with Crippen LogP contribution in [0, 0.1) is 6.92 Å². The SMILES string of the molecule is Cc1cccc(C(=O)N2CCCN(CCCl)CC2)c1O. The first kappa shape index (κ1) is 15.1. The molecule has 20 heavy (non-hydrogen) atoms.